The van der Waals surface area contributed by atoms with Crippen molar-refractivity contribution in [1.82, 2.24) is 9.97 Å². The molecule has 0 aliphatic heterocycles. The van der Waals surface area contributed by atoms with Gasteiger partial charge in [-0.15, -0.1) is 0 Å². The zero-order valence-electron chi connectivity index (χ0n) is 16.1. The first-order chi connectivity index (χ1) is 13.2. The molecule has 1 fully saturated rings. The van der Waals surface area contributed by atoms with E-state index in [1.54, 1.807) is 12.1 Å². The van der Waals surface area contributed by atoms with Crippen LogP contribution in [0.3, 0.4) is 0 Å². The zero-order chi connectivity index (χ0) is 20.5. The highest BCUT2D eigenvalue weighted by Crippen LogP contribution is 2.40. The second-order valence-corrected chi connectivity index (χ2v) is 7.61. The fraction of sp³-hybridized carbons (Fsp3) is 0.500. The number of alkyl halides is 3. The molecular weight excluding hydrogens is 369 g/mol. The first kappa shape index (κ1) is 20.4. The largest absolute Gasteiger partial charge is 0.416 e. The summed E-state index contributed by atoms with van der Waals surface area (Å²) in [6, 6.07) is 5.69. The van der Waals surface area contributed by atoms with Gasteiger partial charge in [0.2, 0.25) is 5.95 Å². The number of aryl methyl sites for hydroxylation is 1. The van der Waals surface area contributed by atoms with Crippen molar-refractivity contribution in [2.45, 2.75) is 51.7 Å². The first-order valence-electron chi connectivity index (χ1n) is 9.38. The summed E-state index contributed by atoms with van der Waals surface area (Å²) in [6.07, 6.45) is -2.34. The predicted octanol–water partition coefficient (Wildman–Crippen LogP) is 4.85. The average Bonchev–Trinajstić information content (AvgIpc) is 3.45. The predicted molar refractivity (Wildman–Crippen MR) is 103 cm³/mol. The third kappa shape index (κ3) is 4.92. The third-order valence-electron chi connectivity index (χ3n) is 4.87. The average molecular weight is 394 g/mol. The summed E-state index contributed by atoms with van der Waals surface area (Å²) in [5, 5.41) is 15.6. The summed E-state index contributed by atoms with van der Waals surface area (Å²) in [5.41, 5.74) is 0.660. The van der Waals surface area contributed by atoms with Crippen molar-refractivity contribution in [2.75, 3.05) is 17.2 Å². The van der Waals surface area contributed by atoms with Gasteiger partial charge in [-0.05, 0) is 43.4 Å². The van der Waals surface area contributed by atoms with Gasteiger partial charge in [-0.1, -0.05) is 19.9 Å². The minimum Gasteiger partial charge on any atom is -0.394 e. The standard InChI is InChI=1S/C20H25F3N4O/c1-11(2)17(10-28)26-19-25-16(13-5-6-13)9-18(27-19)24-14-7-4-12(3)15(8-14)20(21,22)23/h4,7-9,11,13,17,28H,5-6,10H2,1-3H3,(H2,24,25,26,27)/t17-/m1/s1. The molecule has 1 heterocycles. The van der Waals surface area contributed by atoms with E-state index in [1.165, 1.54) is 13.0 Å². The van der Waals surface area contributed by atoms with Gasteiger partial charge < -0.3 is 15.7 Å². The van der Waals surface area contributed by atoms with Crippen LogP contribution in [0.25, 0.3) is 0 Å². The molecule has 1 aliphatic carbocycles. The van der Waals surface area contributed by atoms with Gasteiger partial charge >= 0.3 is 6.18 Å². The summed E-state index contributed by atoms with van der Waals surface area (Å²) in [4.78, 5) is 8.92. The Morgan fingerprint density at radius 3 is 2.46 bits per heavy atom. The van der Waals surface area contributed by atoms with Gasteiger partial charge in [0.15, 0.2) is 0 Å². The van der Waals surface area contributed by atoms with Crippen molar-refractivity contribution in [3.05, 3.63) is 41.1 Å². The number of aromatic nitrogens is 2. The fourth-order valence-electron chi connectivity index (χ4n) is 2.92. The number of rotatable bonds is 7. The van der Waals surface area contributed by atoms with Crippen molar-refractivity contribution < 1.29 is 18.3 Å². The minimum atomic E-state index is -4.41. The summed E-state index contributed by atoms with van der Waals surface area (Å²) >= 11 is 0. The smallest absolute Gasteiger partial charge is 0.394 e. The summed E-state index contributed by atoms with van der Waals surface area (Å²) < 4.78 is 39.5. The van der Waals surface area contributed by atoms with Crippen LogP contribution < -0.4 is 10.6 Å². The fourth-order valence-corrected chi connectivity index (χ4v) is 2.92. The molecule has 152 valence electrons. The molecule has 0 spiro atoms. The van der Waals surface area contributed by atoms with E-state index in [-0.39, 0.29) is 24.1 Å². The molecule has 0 radical (unpaired) electrons. The summed E-state index contributed by atoms with van der Waals surface area (Å²) in [7, 11) is 0. The second-order valence-electron chi connectivity index (χ2n) is 7.61. The van der Waals surface area contributed by atoms with Crippen LogP contribution in [0.2, 0.25) is 0 Å². The SMILES string of the molecule is Cc1ccc(Nc2cc(C3CC3)nc(N[C@H](CO)C(C)C)n2)cc1C(F)(F)F. The Hall–Kier alpha value is -2.35. The number of nitrogens with one attached hydrogen (secondary N) is 2. The Balaban J connectivity index is 1.89. The van der Waals surface area contributed by atoms with Gasteiger partial charge in [0.1, 0.15) is 5.82 Å². The normalized spacial score (nSPS) is 15.6. The summed E-state index contributed by atoms with van der Waals surface area (Å²) in [6.45, 7) is 5.32. The van der Waals surface area contributed by atoms with E-state index in [4.69, 9.17) is 0 Å². The van der Waals surface area contributed by atoms with Gasteiger partial charge in [0.05, 0.1) is 23.9 Å². The lowest BCUT2D eigenvalue weighted by molar-refractivity contribution is -0.138. The molecule has 0 saturated heterocycles. The lowest BCUT2D eigenvalue weighted by atomic mass is 10.1. The number of nitrogens with zero attached hydrogens (tertiary/aromatic N) is 2. The van der Waals surface area contributed by atoms with Crippen LogP contribution in [0.15, 0.2) is 24.3 Å². The van der Waals surface area contributed by atoms with Crippen LogP contribution >= 0.6 is 0 Å². The van der Waals surface area contributed by atoms with Gasteiger partial charge in [-0.25, -0.2) is 4.98 Å². The monoisotopic (exact) mass is 394 g/mol. The van der Waals surface area contributed by atoms with Crippen molar-refractivity contribution in [1.29, 1.82) is 0 Å². The van der Waals surface area contributed by atoms with Crippen LogP contribution in [0.5, 0.6) is 0 Å². The molecule has 1 aromatic carbocycles. The maximum absolute atomic E-state index is 13.2. The molecule has 3 rings (SSSR count). The van der Waals surface area contributed by atoms with Crippen molar-refractivity contribution in [3.63, 3.8) is 0 Å². The van der Waals surface area contributed by atoms with Crippen molar-refractivity contribution >= 4 is 17.5 Å². The van der Waals surface area contributed by atoms with E-state index >= 15 is 0 Å². The molecular formula is C20H25F3N4O. The zero-order valence-corrected chi connectivity index (χ0v) is 16.1. The van der Waals surface area contributed by atoms with E-state index in [0.29, 0.717) is 23.4 Å². The number of aliphatic hydroxyl groups is 1. The lowest BCUT2D eigenvalue weighted by Crippen LogP contribution is -2.30. The number of aliphatic hydroxyl groups excluding tert-OH is 1. The van der Waals surface area contributed by atoms with E-state index in [9.17, 15) is 18.3 Å². The van der Waals surface area contributed by atoms with E-state index in [0.717, 1.165) is 24.6 Å². The highest BCUT2D eigenvalue weighted by Gasteiger charge is 2.32. The van der Waals surface area contributed by atoms with Crippen molar-refractivity contribution in [3.8, 4) is 0 Å². The number of hydrogen-bond donors (Lipinski definition) is 3. The molecule has 2 aromatic rings. The van der Waals surface area contributed by atoms with Crippen LogP contribution in [0.4, 0.5) is 30.6 Å². The number of anilines is 3. The topological polar surface area (TPSA) is 70.1 Å². The molecule has 5 nitrogen and oxygen atoms in total. The molecule has 1 atom stereocenters. The van der Waals surface area contributed by atoms with Gasteiger partial charge in [0.25, 0.3) is 0 Å². The number of halogens is 3. The molecule has 0 amide bonds. The van der Waals surface area contributed by atoms with Gasteiger partial charge in [-0.2, -0.15) is 18.2 Å². The van der Waals surface area contributed by atoms with Crippen LogP contribution in [0, 0.1) is 12.8 Å². The molecule has 0 unspecified atom stereocenters. The van der Waals surface area contributed by atoms with E-state index in [1.807, 2.05) is 13.8 Å². The minimum absolute atomic E-state index is 0.0651. The molecule has 1 saturated carbocycles. The molecule has 3 N–H and O–H groups in total. The van der Waals surface area contributed by atoms with E-state index in [2.05, 4.69) is 20.6 Å². The van der Waals surface area contributed by atoms with Gasteiger partial charge in [-0.3, -0.25) is 0 Å². The van der Waals surface area contributed by atoms with Crippen LogP contribution in [0.1, 0.15) is 49.4 Å². The Kier molecular flexibility index (Phi) is 5.79. The molecule has 0 bridgehead atoms. The molecule has 1 aliphatic rings. The Morgan fingerprint density at radius 2 is 1.89 bits per heavy atom. The number of hydrogen-bond acceptors (Lipinski definition) is 5. The summed E-state index contributed by atoms with van der Waals surface area (Å²) in [5.74, 6) is 1.31. The van der Waals surface area contributed by atoms with E-state index < -0.39 is 11.7 Å². The molecule has 28 heavy (non-hydrogen) atoms. The van der Waals surface area contributed by atoms with Crippen LogP contribution in [-0.2, 0) is 6.18 Å². The first-order valence-corrected chi connectivity index (χ1v) is 9.38. The quantitative estimate of drug-likeness (QED) is 0.626. The second kappa shape index (κ2) is 7.95. The highest BCUT2D eigenvalue weighted by atomic mass is 19.4. The Labute approximate surface area is 162 Å². The number of benzene rings is 1. The maximum Gasteiger partial charge on any atom is 0.416 e. The van der Waals surface area contributed by atoms with Crippen molar-refractivity contribution in [2.24, 2.45) is 5.92 Å². The lowest BCUT2D eigenvalue weighted by Gasteiger charge is -2.21. The Bertz CT molecular complexity index is 835. The van der Waals surface area contributed by atoms with Gasteiger partial charge in [0, 0.05) is 17.7 Å². The maximum atomic E-state index is 13.2. The third-order valence-corrected chi connectivity index (χ3v) is 4.87. The van der Waals surface area contributed by atoms with Crippen LogP contribution in [-0.4, -0.2) is 27.7 Å². The molecule has 1 aromatic heterocycles. The Morgan fingerprint density at radius 1 is 1.18 bits per heavy atom. The molecule has 8 heteroatoms. The highest BCUT2D eigenvalue weighted by molar-refractivity contribution is 5.60.